The summed E-state index contributed by atoms with van der Waals surface area (Å²) in [7, 11) is 0. The summed E-state index contributed by atoms with van der Waals surface area (Å²) in [4.78, 5) is 29.9. The number of hydrogen-bond acceptors (Lipinski definition) is 3. The van der Waals surface area contributed by atoms with Crippen LogP contribution in [-0.4, -0.2) is 40.8 Å². The molecule has 1 aromatic rings. The van der Waals surface area contributed by atoms with Crippen LogP contribution in [0, 0.1) is 0 Å². The van der Waals surface area contributed by atoms with Crippen LogP contribution in [0.25, 0.3) is 0 Å². The summed E-state index contributed by atoms with van der Waals surface area (Å²) in [5, 5.41) is 3.03. The second kappa shape index (κ2) is 7.54. The van der Waals surface area contributed by atoms with Crippen LogP contribution < -0.4 is 5.32 Å². The van der Waals surface area contributed by atoms with E-state index in [4.69, 9.17) is 0 Å². The van der Waals surface area contributed by atoms with Gasteiger partial charge in [-0.1, -0.05) is 13.0 Å². The van der Waals surface area contributed by atoms with E-state index >= 15 is 0 Å². The number of likely N-dealkylation sites (tertiary alicyclic amines) is 1. The van der Waals surface area contributed by atoms with E-state index < -0.39 is 0 Å². The number of rotatable bonds is 4. The number of nitrogens with one attached hydrogen (secondary N) is 1. The van der Waals surface area contributed by atoms with Crippen molar-refractivity contribution >= 4 is 27.7 Å². The summed E-state index contributed by atoms with van der Waals surface area (Å²) in [5.41, 5.74) is 0.456. The third-order valence-electron chi connectivity index (χ3n) is 3.56. The Balaban J connectivity index is 1.86. The molecule has 0 atom stereocenters. The van der Waals surface area contributed by atoms with Crippen molar-refractivity contribution in [2.24, 2.45) is 0 Å². The predicted octanol–water partition coefficient (Wildman–Crippen LogP) is 2.37. The maximum Gasteiger partial charge on any atom is 0.272 e. The molecule has 0 saturated carbocycles. The van der Waals surface area contributed by atoms with E-state index in [-0.39, 0.29) is 17.9 Å². The quantitative estimate of drug-likeness (QED) is 0.845. The monoisotopic (exact) mass is 353 g/mol. The fourth-order valence-electron chi connectivity index (χ4n) is 2.44. The van der Waals surface area contributed by atoms with Crippen molar-refractivity contribution in [2.75, 3.05) is 13.1 Å². The van der Waals surface area contributed by atoms with Crippen molar-refractivity contribution in [3.05, 3.63) is 28.5 Å². The first-order chi connectivity index (χ1) is 10.1. The average Bonchev–Trinajstić information content (AvgIpc) is 2.47. The molecule has 0 bridgehead atoms. The molecule has 1 aliphatic rings. The minimum atomic E-state index is -0.0466. The Morgan fingerprint density at radius 2 is 2.10 bits per heavy atom. The van der Waals surface area contributed by atoms with Crippen molar-refractivity contribution < 1.29 is 9.59 Å². The molecule has 1 aliphatic heterocycles. The molecule has 2 heterocycles. The van der Waals surface area contributed by atoms with Gasteiger partial charge in [-0.2, -0.15) is 0 Å². The van der Waals surface area contributed by atoms with Crippen LogP contribution in [0.1, 0.15) is 43.1 Å². The Morgan fingerprint density at radius 1 is 1.38 bits per heavy atom. The van der Waals surface area contributed by atoms with Gasteiger partial charge >= 0.3 is 0 Å². The van der Waals surface area contributed by atoms with E-state index in [0.29, 0.717) is 29.8 Å². The molecule has 5 nitrogen and oxygen atoms in total. The first-order valence-electron chi connectivity index (χ1n) is 7.31. The number of halogens is 1. The van der Waals surface area contributed by atoms with Crippen molar-refractivity contribution in [3.8, 4) is 0 Å². The van der Waals surface area contributed by atoms with Crippen LogP contribution in [0.4, 0.5) is 0 Å². The second-order valence-electron chi connectivity index (χ2n) is 5.23. The first kappa shape index (κ1) is 15.9. The summed E-state index contributed by atoms with van der Waals surface area (Å²) >= 11 is 3.28. The van der Waals surface area contributed by atoms with E-state index in [1.54, 1.807) is 17.0 Å². The van der Waals surface area contributed by atoms with Crippen LogP contribution in [0.3, 0.4) is 0 Å². The molecule has 2 rings (SSSR count). The largest absolute Gasteiger partial charge is 0.353 e. The van der Waals surface area contributed by atoms with Crippen molar-refractivity contribution in [1.82, 2.24) is 15.2 Å². The zero-order chi connectivity index (χ0) is 15.2. The molecule has 1 N–H and O–H groups in total. The van der Waals surface area contributed by atoms with Gasteiger partial charge < -0.3 is 10.2 Å². The normalized spacial score (nSPS) is 15.8. The average molecular weight is 354 g/mol. The molecule has 0 radical (unpaired) electrons. The number of aromatic nitrogens is 1. The number of hydrogen-bond donors (Lipinski definition) is 1. The smallest absolute Gasteiger partial charge is 0.272 e. The summed E-state index contributed by atoms with van der Waals surface area (Å²) in [6.45, 7) is 3.31. The van der Waals surface area contributed by atoms with Gasteiger partial charge in [0.15, 0.2) is 0 Å². The van der Waals surface area contributed by atoms with Crippen LogP contribution in [0.2, 0.25) is 0 Å². The molecule has 21 heavy (non-hydrogen) atoms. The third kappa shape index (κ3) is 4.52. The van der Waals surface area contributed by atoms with Crippen molar-refractivity contribution in [1.29, 1.82) is 0 Å². The molecule has 1 aromatic heterocycles. The number of carbonyl (C=O) groups is 2. The van der Waals surface area contributed by atoms with Crippen molar-refractivity contribution in [3.63, 3.8) is 0 Å². The molecule has 0 spiro atoms. The van der Waals surface area contributed by atoms with Gasteiger partial charge in [0.25, 0.3) is 5.91 Å². The van der Waals surface area contributed by atoms with E-state index in [2.05, 4.69) is 26.2 Å². The summed E-state index contributed by atoms with van der Waals surface area (Å²) < 4.78 is 0.662. The minimum Gasteiger partial charge on any atom is -0.353 e. The predicted molar refractivity (Wildman–Crippen MR) is 83.9 cm³/mol. The molecular formula is C15H20BrN3O2. The maximum atomic E-state index is 12.3. The Labute approximate surface area is 133 Å². The van der Waals surface area contributed by atoms with Gasteiger partial charge in [0.05, 0.1) is 0 Å². The number of nitrogens with zero attached hydrogens (tertiary/aromatic N) is 2. The van der Waals surface area contributed by atoms with Gasteiger partial charge in [-0.05, 0) is 47.3 Å². The lowest BCUT2D eigenvalue weighted by Gasteiger charge is -2.32. The highest BCUT2D eigenvalue weighted by Gasteiger charge is 2.25. The van der Waals surface area contributed by atoms with Gasteiger partial charge in [-0.15, -0.1) is 0 Å². The highest BCUT2D eigenvalue weighted by molar-refractivity contribution is 9.10. The van der Waals surface area contributed by atoms with Gasteiger partial charge in [-0.3, -0.25) is 9.59 Å². The van der Waals surface area contributed by atoms with E-state index in [9.17, 15) is 9.59 Å². The fourth-order valence-corrected chi connectivity index (χ4v) is 2.79. The lowest BCUT2D eigenvalue weighted by molar-refractivity contribution is -0.122. The summed E-state index contributed by atoms with van der Waals surface area (Å²) in [6, 6.07) is 5.51. The Morgan fingerprint density at radius 3 is 2.71 bits per heavy atom. The highest BCUT2D eigenvalue weighted by atomic mass is 79.9. The Kier molecular flexibility index (Phi) is 5.73. The molecular weight excluding hydrogens is 334 g/mol. The Hall–Kier alpha value is -1.43. The molecule has 0 unspecified atom stereocenters. The molecule has 1 saturated heterocycles. The number of pyridine rings is 1. The third-order valence-corrected chi connectivity index (χ3v) is 4.00. The number of carbonyl (C=O) groups excluding carboxylic acids is 2. The van der Waals surface area contributed by atoms with Crippen LogP contribution in [-0.2, 0) is 4.79 Å². The van der Waals surface area contributed by atoms with Gasteiger partial charge in [0, 0.05) is 25.6 Å². The van der Waals surface area contributed by atoms with Gasteiger partial charge in [0.1, 0.15) is 10.3 Å². The van der Waals surface area contributed by atoms with Gasteiger partial charge in [0.2, 0.25) is 5.91 Å². The van der Waals surface area contributed by atoms with Gasteiger partial charge in [-0.25, -0.2) is 4.98 Å². The lowest BCUT2D eigenvalue weighted by Crippen LogP contribution is -2.46. The fraction of sp³-hybridized carbons (Fsp3) is 0.533. The zero-order valence-corrected chi connectivity index (χ0v) is 13.7. The SMILES string of the molecule is CCCC(=O)NC1CCN(C(=O)c2cccc(Br)n2)CC1. The molecule has 1 fully saturated rings. The molecule has 0 aromatic carbocycles. The van der Waals surface area contributed by atoms with Crippen molar-refractivity contribution in [2.45, 2.75) is 38.6 Å². The molecule has 0 aliphatic carbocycles. The van der Waals surface area contributed by atoms with Crippen LogP contribution in [0.15, 0.2) is 22.8 Å². The second-order valence-corrected chi connectivity index (χ2v) is 6.04. The number of amides is 2. The summed E-state index contributed by atoms with van der Waals surface area (Å²) in [5.74, 6) is 0.0607. The Bertz CT molecular complexity index is 513. The van der Waals surface area contributed by atoms with E-state index in [0.717, 1.165) is 19.3 Å². The molecule has 2 amide bonds. The standard InChI is InChI=1S/C15H20BrN3O2/c1-2-4-14(20)17-11-7-9-19(10-8-11)15(21)12-5-3-6-13(16)18-12/h3,5-6,11H,2,4,7-10H2,1H3,(H,17,20). The zero-order valence-electron chi connectivity index (χ0n) is 12.1. The van der Waals surface area contributed by atoms with Crippen LogP contribution in [0.5, 0.6) is 0 Å². The highest BCUT2D eigenvalue weighted by Crippen LogP contribution is 2.15. The van der Waals surface area contributed by atoms with E-state index in [1.807, 2.05) is 13.0 Å². The van der Waals surface area contributed by atoms with Crippen LogP contribution >= 0.6 is 15.9 Å². The molecule has 6 heteroatoms. The molecule has 114 valence electrons. The minimum absolute atomic E-state index is 0.0466. The summed E-state index contributed by atoms with van der Waals surface area (Å²) in [6.07, 6.45) is 3.03. The first-order valence-corrected chi connectivity index (χ1v) is 8.10. The number of piperidine rings is 1. The van der Waals surface area contributed by atoms with E-state index in [1.165, 1.54) is 0 Å². The lowest BCUT2D eigenvalue weighted by atomic mass is 10.0. The maximum absolute atomic E-state index is 12.3. The topological polar surface area (TPSA) is 62.3 Å².